The van der Waals surface area contributed by atoms with Gasteiger partial charge in [-0.1, -0.05) is 50.6 Å². The van der Waals surface area contributed by atoms with Crippen LogP contribution in [0.3, 0.4) is 0 Å². The van der Waals surface area contributed by atoms with Crippen molar-refractivity contribution in [1.82, 2.24) is 20.2 Å². The van der Waals surface area contributed by atoms with Crippen molar-refractivity contribution in [3.05, 3.63) is 42.2 Å². The first-order valence-electron chi connectivity index (χ1n) is 9.40. The van der Waals surface area contributed by atoms with Crippen molar-refractivity contribution >= 4 is 23.7 Å². The molecule has 27 heavy (non-hydrogen) atoms. The molecule has 0 spiro atoms. The van der Waals surface area contributed by atoms with E-state index >= 15 is 0 Å². The highest BCUT2D eigenvalue weighted by molar-refractivity contribution is 7.99. The first kappa shape index (κ1) is 19.5. The summed E-state index contributed by atoms with van der Waals surface area (Å²) in [6.45, 7) is 4.32. The summed E-state index contributed by atoms with van der Waals surface area (Å²) in [5, 5.41) is 5.98. The number of benzene rings is 1. The summed E-state index contributed by atoms with van der Waals surface area (Å²) in [7, 11) is 0. The number of nitrogens with zero attached hydrogens (tertiary/aromatic N) is 2. The van der Waals surface area contributed by atoms with Crippen LogP contribution < -0.4 is 10.6 Å². The van der Waals surface area contributed by atoms with E-state index in [0.29, 0.717) is 5.92 Å². The van der Waals surface area contributed by atoms with E-state index in [1.165, 1.54) is 17.3 Å². The SMILES string of the molecule is CC(C)c1ccc(-n2ccnc2SCC(=O)NC(=O)NC2CCCC2)cc1. The van der Waals surface area contributed by atoms with E-state index in [1.807, 2.05) is 10.8 Å². The molecule has 0 unspecified atom stereocenters. The summed E-state index contributed by atoms with van der Waals surface area (Å²) >= 11 is 1.31. The zero-order chi connectivity index (χ0) is 19.2. The number of thioether (sulfide) groups is 1. The van der Waals surface area contributed by atoms with Crippen molar-refractivity contribution in [3.8, 4) is 5.69 Å². The maximum atomic E-state index is 12.1. The predicted octanol–water partition coefficient (Wildman–Crippen LogP) is 3.86. The lowest BCUT2D eigenvalue weighted by atomic mass is 10.0. The van der Waals surface area contributed by atoms with Crippen LogP contribution >= 0.6 is 11.8 Å². The van der Waals surface area contributed by atoms with Crippen LogP contribution in [0.1, 0.15) is 51.0 Å². The van der Waals surface area contributed by atoms with Gasteiger partial charge in [0.2, 0.25) is 5.91 Å². The van der Waals surface area contributed by atoms with E-state index < -0.39 is 6.03 Å². The zero-order valence-electron chi connectivity index (χ0n) is 15.8. The third-order valence-electron chi connectivity index (χ3n) is 4.72. The highest BCUT2D eigenvalue weighted by Gasteiger charge is 2.18. The molecule has 1 aromatic heterocycles. The Kier molecular flexibility index (Phi) is 6.55. The highest BCUT2D eigenvalue weighted by Crippen LogP contribution is 2.22. The Morgan fingerprint density at radius 3 is 2.59 bits per heavy atom. The minimum atomic E-state index is -0.403. The monoisotopic (exact) mass is 386 g/mol. The molecule has 3 rings (SSSR count). The number of amides is 3. The highest BCUT2D eigenvalue weighted by atomic mass is 32.2. The lowest BCUT2D eigenvalue weighted by molar-refractivity contribution is -0.117. The van der Waals surface area contributed by atoms with Crippen molar-refractivity contribution in [3.63, 3.8) is 0 Å². The summed E-state index contributed by atoms with van der Waals surface area (Å²) in [5.41, 5.74) is 2.28. The summed E-state index contributed by atoms with van der Waals surface area (Å²) in [6.07, 6.45) is 7.83. The van der Waals surface area contributed by atoms with E-state index in [9.17, 15) is 9.59 Å². The number of imide groups is 1. The second kappa shape index (κ2) is 9.08. The van der Waals surface area contributed by atoms with Crippen molar-refractivity contribution in [2.75, 3.05) is 5.75 Å². The molecule has 6 nitrogen and oxygen atoms in total. The summed E-state index contributed by atoms with van der Waals surface area (Å²) in [5.74, 6) is 0.300. The van der Waals surface area contributed by atoms with Gasteiger partial charge in [0.15, 0.2) is 5.16 Å². The van der Waals surface area contributed by atoms with E-state index in [1.54, 1.807) is 6.20 Å². The largest absolute Gasteiger partial charge is 0.335 e. The third-order valence-corrected chi connectivity index (χ3v) is 5.69. The molecule has 0 radical (unpaired) electrons. The van der Waals surface area contributed by atoms with Gasteiger partial charge in [-0.25, -0.2) is 9.78 Å². The van der Waals surface area contributed by atoms with Crippen LogP contribution in [0.25, 0.3) is 5.69 Å². The van der Waals surface area contributed by atoms with E-state index in [2.05, 4.69) is 53.7 Å². The van der Waals surface area contributed by atoms with Gasteiger partial charge in [-0.2, -0.15) is 0 Å². The minimum Gasteiger partial charge on any atom is -0.335 e. The van der Waals surface area contributed by atoms with Crippen molar-refractivity contribution in [1.29, 1.82) is 0 Å². The second-order valence-corrected chi connectivity index (χ2v) is 8.06. The average molecular weight is 387 g/mol. The van der Waals surface area contributed by atoms with Crippen LogP contribution in [-0.4, -0.2) is 33.3 Å². The number of hydrogen-bond acceptors (Lipinski definition) is 4. The van der Waals surface area contributed by atoms with Gasteiger partial charge in [0.05, 0.1) is 5.75 Å². The smallest absolute Gasteiger partial charge is 0.321 e. The molecular formula is C20H26N4O2S. The summed E-state index contributed by atoms with van der Waals surface area (Å²) in [4.78, 5) is 28.3. The van der Waals surface area contributed by atoms with Crippen LogP contribution in [0.5, 0.6) is 0 Å². The molecule has 0 aliphatic heterocycles. The number of rotatable bonds is 6. The van der Waals surface area contributed by atoms with Crippen LogP contribution in [0.2, 0.25) is 0 Å². The van der Waals surface area contributed by atoms with Gasteiger partial charge in [0.25, 0.3) is 0 Å². The van der Waals surface area contributed by atoms with Crippen molar-refractivity contribution in [2.24, 2.45) is 0 Å². The third kappa shape index (κ3) is 5.35. The first-order chi connectivity index (χ1) is 13.0. The van der Waals surface area contributed by atoms with E-state index in [4.69, 9.17) is 0 Å². The molecule has 0 bridgehead atoms. The fraction of sp³-hybridized carbons (Fsp3) is 0.450. The molecule has 1 aliphatic rings. The standard InChI is InChI=1S/C20H26N4O2S/c1-14(2)15-7-9-17(10-8-15)24-12-11-21-20(24)27-13-18(25)23-19(26)22-16-5-3-4-6-16/h7-12,14,16H,3-6,13H2,1-2H3,(H2,22,23,25,26). The quantitative estimate of drug-likeness (QED) is 0.739. The Morgan fingerprint density at radius 2 is 1.93 bits per heavy atom. The van der Waals surface area contributed by atoms with Gasteiger partial charge in [-0.3, -0.25) is 14.7 Å². The molecule has 2 N–H and O–H groups in total. The predicted molar refractivity (Wildman–Crippen MR) is 107 cm³/mol. The van der Waals surface area contributed by atoms with Gasteiger partial charge in [0, 0.05) is 24.1 Å². The van der Waals surface area contributed by atoms with Gasteiger partial charge >= 0.3 is 6.03 Å². The fourth-order valence-corrected chi connectivity index (χ4v) is 3.97. The Hall–Kier alpha value is -2.28. The van der Waals surface area contributed by atoms with Gasteiger partial charge in [-0.15, -0.1) is 0 Å². The Bertz CT molecular complexity index is 780. The molecule has 1 heterocycles. The van der Waals surface area contributed by atoms with Crippen molar-refractivity contribution < 1.29 is 9.59 Å². The maximum absolute atomic E-state index is 12.1. The number of imidazole rings is 1. The van der Waals surface area contributed by atoms with Gasteiger partial charge in [0.1, 0.15) is 0 Å². The normalized spacial score (nSPS) is 14.5. The zero-order valence-corrected chi connectivity index (χ0v) is 16.6. The number of aromatic nitrogens is 2. The molecule has 144 valence electrons. The number of nitrogens with one attached hydrogen (secondary N) is 2. The Balaban J connectivity index is 1.53. The number of urea groups is 1. The molecule has 1 fully saturated rings. The lowest BCUT2D eigenvalue weighted by Crippen LogP contribution is -2.44. The molecule has 1 saturated carbocycles. The lowest BCUT2D eigenvalue weighted by Gasteiger charge is -2.12. The summed E-state index contributed by atoms with van der Waals surface area (Å²) < 4.78 is 1.95. The fourth-order valence-electron chi connectivity index (χ4n) is 3.20. The first-order valence-corrected chi connectivity index (χ1v) is 10.4. The Labute approximate surface area is 164 Å². The number of hydrogen-bond donors (Lipinski definition) is 2. The molecule has 1 aromatic carbocycles. The van der Waals surface area contributed by atoms with Crippen molar-refractivity contribution in [2.45, 2.75) is 56.6 Å². The topological polar surface area (TPSA) is 76.0 Å². The number of carbonyl (C=O) groups excluding carboxylic acids is 2. The number of carbonyl (C=O) groups is 2. The summed E-state index contributed by atoms with van der Waals surface area (Å²) in [6, 6.07) is 8.10. The molecule has 7 heteroatoms. The van der Waals surface area contributed by atoms with Crippen LogP contribution in [-0.2, 0) is 4.79 Å². The average Bonchev–Trinajstić information content (AvgIpc) is 3.31. The molecule has 0 atom stereocenters. The maximum Gasteiger partial charge on any atom is 0.321 e. The van der Waals surface area contributed by atoms with Gasteiger partial charge < -0.3 is 5.32 Å². The van der Waals surface area contributed by atoms with Crippen LogP contribution in [0, 0.1) is 0 Å². The van der Waals surface area contributed by atoms with E-state index in [-0.39, 0.29) is 17.7 Å². The molecule has 3 amide bonds. The molecule has 2 aromatic rings. The molecular weight excluding hydrogens is 360 g/mol. The van der Waals surface area contributed by atoms with Crippen LogP contribution in [0.4, 0.5) is 4.79 Å². The molecule has 0 saturated heterocycles. The van der Waals surface area contributed by atoms with Crippen LogP contribution in [0.15, 0.2) is 41.8 Å². The second-order valence-electron chi connectivity index (χ2n) is 7.12. The minimum absolute atomic E-state index is 0.138. The van der Waals surface area contributed by atoms with Gasteiger partial charge in [-0.05, 0) is 36.5 Å². The Morgan fingerprint density at radius 1 is 1.22 bits per heavy atom. The van der Waals surface area contributed by atoms with E-state index in [0.717, 1.165) is 36.5 Å². The molecule has 1 aliphatic carbocycles.